The fourth-order valence-electron chi connectivity index (χ4n) is 1.17. The van der Waals surface area contributed by atoms with Crippen molar-refractivity contribution in [3.05, 3.63) is 0 Å². The van der Waals surface area contributed by atoms with Crippen LogP contribution in [0.4, 0.5) is 0 Å². The van der Waals surface area contributed by atoms with Crippen LogP contribution < -0.4 is 5.32 Å². The van der Waals surface area contributed by atoms with Crippen molar-refractivity contribution in [1.29, 1.82) is 0 Å². The fraction of sp³-hybridized carbons (Fsp3) is 1.00. The minimum Gasteiger partial charge on any atom is -0.363 e. The number of hydrogen-bond acceptors (Lipinski definition) is 4. The van der Waals surface area contributed by atoms with Crippen molar-refractivity contribution in [3.63, 3.8) is 0 Å². The normalized spacial score (nSPS) is 40.8. The van der Waals surface area contributed by atoms with E-state index in [1.54, 1.807) is 0 Å². The van der Waals surface area contributed by atoms with Crippen molar-refractivity contribution in [3.8, 4) is 0 Å². The number of nitrogens with one attached hydrogen (secondary N) is 1. The van der Waals surface area contributed by atoms with Gasteiger partial charge in [0.2, 0.25) is 0 Å². The first-order valence-corrected chi connectivity index (χ1v) is 4.60. The van der Waals surface area contributed by atoms with Gasteiger partial charge in [-0.05, 0) is 0 Å². The summed E-state index contributed by atoms with van der Waals surface area (Å²) in [5.74, 6) is 1.10. The first-order chi connectivity index (χ1) is 4.97. The van der Waals surface area contributed by atoms with E-state index in [1.807, 2.05) is 11.8 Å². The third-order valence-electron chi connectivity index (χ3n) is 1.64. The maximum atomic E-state index is 5.41. The molecule has 0 amide bonds. The van der Waals surface area contributed by atoms with Crippen molar-refractivity contribution in [2.45, 2.75) is 11.7 Å². The molecule has 0 aliphatic carbocycles. The Bertz CT molecular complexity index is 96.3. The second kappa shape index (κ2) is 3.09. The highest BCUT2D eigenvalue weighted by Gasteiger charge is 2.29. The van der Waals surface area contributed by atoms with Gasteiger partial charge in [-0.1, -0.05) is 0 Å². The van der Waals surface area contributed by atoms with Crippen LogP contribution in [0, 0.1) is 0 Å². The maximum Gasteiger partial charge on any atom is 0.144 e. The summed E-state index contributed by atoms with van der Waals surface area (Å²) in [6.45, 7) is 2.66. The molecule has 4 heteroatoms. The first-order valence-electron chi connectivity index (χ1n) is 3.55. The summed E-state index contributed by atoms with van der Waals surface area (Å²) >= 11 is 1.83. The quantitative estimate of drug-likeness (QED) is 0.587. The largest absolute Gasteiger partial charge is 0.363 e. The zero-order valence-electron chi connectivity index (χ0n) is 5.71. The highest BCUT2D eigenvalue weighted by atomic mass is 32.2. The van der Waals surface area contributed by atoms with E-state index in [0.29, 0.717) is 0 Å². The van der Waals surface area contributed by atoms with Crippen molar-refractivity contribution < 1.29 is 9.47 Å². The lowest BCUT2D eigenvalue weighted by Gasteiger charge is -2.15. The molecular formula is C6H11NO2S. The topological polar surface area (TPSA) is 30.5 Å². The van der Waals surface area contributed by atoms with E-state index < -0.39 is 0 Å². The van der Waals surface area contributed by atoms with Gasteiger partial charge in [0, 0.05) is 12.3 Å². The van der Waals surface area contributed by atoms with Crippen molar-refractivity contribution >= 4 is 11.8 Å². The van der Waals surface area contributed by atoms with E-state index in [2.05, 4.69) is 5.32 Å². The molecule has 0 aromatic heterocycles. The Kier molecular flexibility index (Phi) is 2.13. The van der Waals surface area contributed by atoms with Gasteiger partial charge in [0.1, 0.15) is 11.7 Å². The van der Waals surface area contributed by atoms with Gasteiger partial charge >= 0.3 is 0 Å². The van der Waals surface area contributed by atoms with Crippen LogP contribution in [-0.4, -0.2) is 37.2 Å². The van der Waals surface area contributed by atoms with Crippen LogP contribution in [0.25, 0.3) is 0 Å². The standard InChI is InChI=1S/C6H11NO2S/c1-2-8-5(7-1)6-9-3-4-10-6/h5-7H,1-4H2. The Balaban J connectivity index is 1.85. The van der Waals surface area contributed by atoms with Crippen molar-refractivity contribution in [2.75, 3.05) is 25.5 Å². The molecule has 0 spiro atoms. The minimum absolute atomic E-state index is 0.146. The van der Waals surface area contributed by atoms with Gasteiger partial charge in [0.25, 0.3) is 0 Å². The Morgan fingerprint density at radius 3 is 2.90 bits per heavy atom. The van der Waals surface area contributed by atoms with Crippen LogP contribution in [0.1, 0.15) is 0 Å². The van der Waals surface area contributed by atoms with Crippen LogP contribution in [0.15, 0.2) is 0 Å². The van der Waals surface area contributed by atoms with Gasteiger partial charge in [-0.15, -0.1) is 11.8 Å². The highest BCUT2D eigenvalue weighted by molar-refractivity contribution is 8.00. The molecule has 0 saturated carbocycles. The summed E-state index contributed by atoms with van der Waals surface area (Å²) in [5, 5.41) is 3.23. The molecule has 2 heterocycles. The van der Waals surface area contributed by atoms with E-state index >= 15 is 0 Å². The zero-order valence-corrected chi connectivity index (χ0v) is 6.52. The predicted molar refractivity (Wildman–Crippen MR) is 39.9 cm³/mol. The van der Waals surface area contributed by atoms with E-state index in [4.69, 9.17) is 9.47 Å². The first kappa shape index (κ1) is 6.91. The zero-order chi connectivity index (χ0) is 6.81. The molecule has 2 aliphatic heterocycles. The molecule has 2 unspecified atom stereocenters. The third-order valence-corrected chi connectivity index (χ3v) is 2.75. The second-order valence-corrected chi connectivity index (χ2v) is 3.56. The Morgan fingerprint density at radius 2 is 2.30 bits per heavy atom. The van der Waals surface area contributed by atoms with Crippen LogP contribution >= 0.6 is 11.8 Å². The van der Waals surface area contributed by atoms with Crippen LogP contribution in [0.3, 0.4) is 0 Å². The molecule has 0 bridgehead atoms. The van der Waals surface area contributed by atoms with Gasteiger partial charge in [-0.25, -0.2) is 0 Å². The summed E-state index contributed by atoms with van der Waals surface area (Å²) in [6.07, 6.45) is 0.146. The van der Waals surface area contributed by atoms with E-state index in [9.17, 15) is 0 Å². The molecule has 3 nitrogen and oxygen atoms in total. The number of hydrogen-bond donors (Lipinski definition) is 1. The molecule has 2 aliphatic rings. The fourth-order valence-corrected chi connectivity index (χ4v) is 2.14. The molecule has 0 aromatic rings. The van der Waals surface area contributed by atoms with Crippen LogP contribution in [-0.2, 0) is 9.47 Å². The van der Waals surface area contributed by atoms with Crippen LogP contribution in [0.5, 0.6) is 0 Å². The van der Waals surface area contributed by atoms with Gasteiger partial charge < -0.3 is 9.47 Å². The number of thioether (sulfide) groups is 1. The van der Waals surface area contributed by atoms with Crippen molar-refractivity contribution in [2.24, 2.45) is 0 Å². The van der Waals surface area contributed by atoms with Gasteiger partial charge in [0.15, 0.2) is 0 Å². The summed E-state index contributed by atoms with van der Waals surface area (Å²) < 4.78 is 10.8. The monoisotopic (exact) mass is 161 g/mol. The SMILES string of the molecule is C1COC(C2OCCS2)N1. The number of ether oxygens (including phenoxy) is 2. The lowest BCUT2D eigenvalue weighted by Crippen LogP contribution is -2.33. The highest BCUT2D eigenvalue weighted by Crippen LogP contribution is 2.24. The molecule has 2 rings (SSSR count). The summed E-state index contributed by atoms with van der Waals surface area (Å²) in [5.41, 5.74) is 0.238. The molecule has 1 N–H and O–H groups in total. The molecule has 10 heavy (non-hydrogen) atoms. The molecule has 0 aromatic carbocycles. The molecular weight excluding hydrogens is 150 g/mol. The molecule has 2 fully saturated rings. The molecule has 0 radical (unpaired) electrons. The lowest BCUT2D eigenvalue weighted by molar-refractivity contribution is 0.00280. The molecule has 58 valence electrons. The number of rotatable bonds is 1. The third kappa shape index (κ3) is 1.29. The second-order valence-electron chi connectivity index (χ2n) is 2.36. The Hall–Kier alpha value is 0.230. The summed E-state index contributed by atoms with van der Waals surface area (Å²) in [7, 11) is 0. The smallest absolute Gasteiger partial charge is 0.144 e. The van der Waals surface area contributed by atoms with Crippen molar-refractivity contribution in [1.82, 2.24) is 5.32 Å². The Morgan fingerprint density at radius 1 is 1.30 bits per heavy atom. The van der Waals surface area contributed by atoms with Gasteiger partial charge in [0.05, 0.1) is 13.2 Å². The molecule has 2 atom stereocenters. The van der Waals surface area contributed by atoms with E-state index in [1.165, 1.54) is 0 Å². The van der Waals surface area contributed by atoms with E-state index in [-0.39, 0.29) is 11.7 Å². The van der Waals surface area contributed by atoms with Crippen LogP contribution in [0.2, 0.25) is 0 Å². The predicted octanol–water partition coefficient (Wildman–Crippen LogP) is 0.0218. The average molecular weight is 161 g/mol. The maximum absolute atomic E-state index is 5.41. The summed E-state index contributed by atoms with van der Waals surface area (Å²) in [4.78, 5) is 0. The lowest BCUT2D eigenvalue weighted by atomic mass is 10.6. The summed E-state index contributed by atoms with van der Waals surface area (Å²) in [6, 6.07) is 0. The molecule has 2 saturated heterocycles. The minimum atomic E-state index is 0.146. The van der Waals surface area contributed by atoms with Gasteiger partial charge in [-0.2, -0.15) is 0 Å². The van der Waals surface area contributed by atoms with E-state index in [0.717, 1.165) is 25.5 Å². The average Bonchev–Trinajstić information content (AvgIpc) is 2.59. The van der Waals surface area contributed by atoms with Gasteiger partial charge in [-0.3, -0.25) is 5.32 Å². The Labute approximate surface area is 64.5 Å².